The van der Waals surface area contributed by atoms with Gasteiger partial charge in [-0.2, -0.15) is 0 Å². The third-order valence-electron chi connectivity index (χ3n) is 2.70. The van der Waals surface area contributed by atoms with Crippen LogP contribution in [0.2, 0.25) is 0 Å². The summed E-state index contributed by atoms with van der Waals surface area (Å²) in [6, 6.07) is 7.32. The molecule has 0 radical (unpaired) electrons. The topological polar surface area (TPSA) is 92.4 Å². The summed E-state index contributed by atoms with van der Waals surface area (Å²) in [6.07, 6.45) is 5.65. The fourth-order valence-corrected chi connectivity index (χ4v) is 2.94. The second-order valence-electron chi connectivity index (χ2n) is 3.99. The fraction of sp³-hybridized carbons (Fsp3) is 0.167. The van der Waals surface area contributed by atoms with E-state index in [4.69, 9.17) is 5.73 Å². The van der Waals surface area contributed by atoms with Crippen LogP contribution in [0.4, 0.5) is 5.69 Å². The standard InChI is InChI=1S/C12H14N2O3S/c13-11-8-4-5-9-12(11,15)18(16,17)14-10-6-2-1-3-7-10/h1-9,11,14-15H,13H2. The first kappa shape index (κ1) is 12.8. The van der Waals surface area contributed by atoms with Gasteiger partial charge in [-0.25, -0.2) is 8.42 Å². The maximum absolute atomic E-state index is 12.2. The number of benzene rings is 1. The molecule has 5 nitrogen and oxygen atoms in total. The van der Waals surface area contributed by atoms with E-state index >= 15 is 0 Å². The van der Waals surface area contributed by atoms with Gasteiger partial charge >= 0.3 is 0 Å². The van der Waals surface area contributed by atoms with Crippen molar-refractivity contribution in [1.82, 2.24) is 0 Å². The van der Waals surface area contributed by atoms with E-state index in [1.54, 1.807) is 36.4 Å². The van der Waals surface area contributed by atoms with Crippen molar-refractivity contribution < 1.29 is 13.5 Å². The lowest BCUT2D eigenvalue weighted by Crippen LogP contribution is -2.54. The molecule has 1 aliphatic rings. The summed E-state index contributed by atoms with van der Waals surface area (Å²) in [4.78, 5) is -2.14. The Morgan fingerprint density at radius 3 is 2.50 bits per heavy atom. The SMILES string of the molecule is NC1C=CC=CC1(O)S(=O)(=O)Nc1ccccc1. The summed E-state index contributed by atoms with van der Waals surface area (Å²) < 4.78 is 26.6. The van der Waals surface area contributed by atoms with Crippen LogP contribution in [0.1, 0.15) is 0 Å². The van der Waals surface area contributed by atoms with Gasteiger partial charge < -0.3 is 10.8 Å². The summed E-state index contributed by atoms with van der Waals surface area (Å²) in [7, 11) is -4.04. The predicted molar refractivity (Wildman–Crippen MR) is 70.2 cm³/mol. The highest BCUT2D eigenvalue weighted by Crippen LogP contribution is 2.25. The molecule has 6 heteroatoms. The molecule has 0 bridgehead atoms. The summed E-state index contributed by atoms with van der Waals surface area (Å²) in [5.41, 5.74) is 6.02. The van der Waals surface area contributed by atoms with Gasteiger partial charge in [0.1, 0.15) is 0 Å². The molecule has 0 heterocycles. The summed E-state index contributed by atoms with van der Waals surface area (Å²) >= 11 is 0. The number of sulfonamides is 1. The van der Waals surface area contributed by atoms with Crippen LogP contribution in [0.25, 0.3) is 0 Å². The zero-order valence-electron chi connectivity index (χ0n) is 9.52. The van der Waals surface area contributed by atoms with E-state index in [-0.39, 0.29) is 0 Å². The lowest BCUT2D eigenvalue weighted by molar-refractivity contribution is 0.158. The van der Waals surface area contributed by atoms with Crippen molar-refractivity contribution in [2.24, 2.45) is 5.73 Å². The number of nitrogens with two attached hydrogens (primary N) is 1. The van der Waals surface area contributed by atoms with Crippen molar-refractivity contribution in [1.29, 1.82) is 0 Å². The third kappa shape index (κ3) is 2.17. The minimum atomic E-state index is -4.04. The van der Waals surface area contributed by atoms with Crippen LogP contribution in [0.5, 0.6) is 0 Å². The molecule has 96 valence electrons. The average molecular weight is 266 g/mol. The molecule has 0 fully saturated rings. The molecule has 18 heavy (non-hydrogen) atoms. The molecule has 0 saturated heterocycles. The van der Waals surface area contributed by atoms with Gasteiger partial charge in [0.05, 0.1) is 6.04 Å². The Labute approximate surface area is 106 Å². The molecule has 2 rings (SSSR count). The number of nitrogens with one attached hydrogen (secondary N) is 1. The van der Waals surface area contributed by atoms with Crippen molar-refractivity contribution in [3.63, 3.8) is 0 Å². The summed E-state index contributed by atoms with van der Waals surface area (Å²) in [6.45, 7) is 0. The van der Waals surface area contributed by atoms with E-state index in [2.05, 4.69) is 4.72 Å². The summed E-state index contributed by atoms with van der Waals surface area (Å²) in [5, 5.41) is 10.2. The first-order chi connectivity index (χ1) is 8.46. The van der Waals surface area contributed by atoms with Crippen LogP contribution in [-0.2, 0) is 10.0 Å². The highest BCUT2D eigenvalue weighted by molar-refractivity contribution is 7.94. The van der Waals surface area contributed by atoms with Gasteiger partial charge in [0.2, 0.25) is 4.93 Å². The smallest absolute Gasteiger partial charge is 0.268 e. The zero-order chi connectivity index (χ0) is 13.2. The number of rotatable bonds is 3. The van der Waals surface area contributed by atoms with E-state index in [9.17, 15) is 13.5 Å². The van der Waals surface area contributed by atoms with Gasteiger partial charge in [-0.1, -0.05) is 36.4 Å². The zero-order valence-corrected chi connectivity index (χ0v) is 10.3. The van der Waals surface area contributed by atoms with E-state index < -0.39 is 21.0 Å². The Bertz CT molecular complexity index is 581. The number of hydrogen-bond acceptors (Lipinski definition) is 4. The van der Waals surface area contributed by atoms with E-state index in [0.29, 0.717) is 5.69 Å². The Kier molecular flexibility index (Phi) is 3.25. The molecule has 0 aliphatic heterocycles. The Morgan fingerprint density at radius 2 is 1.89 bits per heavy atom. The van der Waals surface area contributed by atoms with E-state index in [1.807, 2.05) is 0 Å². The number of hydrogen-bond donors (Lipinski definition) is 3. The number of anilines is 1. The largest absolute Gasteiger partial charge is 0.368 e. The Morgan fingerprint density at radius 1 is 1.22 bits per heavy atom. The highest BCUT2D eigenvalue weighted by atomic mass is 32.2. The minimum absolute atomic E-state index is 0.376. The first-order valence-corrected chi connectivity index (χ1v) is 6.85. The van der Waals surface area contributed by atoms with Crippen molar-refractivity contribution >= 4 is 15.7 Å². The molecule has 2 atom stereocenters. The van der Waals surface area contributed by atoms with Crippen molar-refractivity contribution in [3.05, 3.63) is 54.6 Å². The van der Waals surface area contributed by atoms with Gasteiger partial charge in [-0.05, 0) is 18.2 Å². The second-order valence-corrected chi connectivity index (χ2v) is 5.86. The molecule has 0 saturated carbocycles. The van der Waals surface area contributed by atoms with Crippen LogP contribution in [0.15, 0.2) is 54.6 Å². The lowest BCUT2D eigenvalue weighted by Gasteiger charge is -2.30. The molecule has 1 aromatic carbocycles. The normalized spacial score (nSPS) is 27.1. The average Bonchev–Trinajstić information content (AvgIpc) is 2.33. The van der Waals surface area contributed by atoms with Crippen LogP contribution in [0.3, 0.4) is 0 Å². The van der Waals surface area contributed by atoms with Crippen LogP contribution in [-0.4, -0.2) is 24.5 Å². The van der Waals surface area contributed by atoms with Crippen molar-refractivity contribution in [2.75, 3.05) is 4.72 Å². The molecule has 1 aliphatic carbocycles. The number of allylic oxidation sites excluding steroid dienone is 2. The van der Waals surface area contributed by atoms with Crippen molar-refractivity contribution in [3.8, 4) is 0 Å². The van der Waals surface area contributed by atoms with Gasteiger partial charge in [-0.15, -0.1) is 0 Å². The van der Waals surface area contributed by atoms with Gasteiger partial charge in [0.25, 0.3) is 10.0 Å². The van der Waals surface area contributed by atoms with E-state index in [0.717, 1.165) is 0 Å². The Balaban J connectivity index is 2.32. The first-order valence-electron chi connectivity index (χ1n) is 5.37. The van der Waals surface area contributed by atoms with Gasteiger partial charge in [-0.3, -0.25) is 4.72 Å². The molecule has 0 amide bonds. The number of aliphatic hydroxyl groups is 1. The second kappa shape index (κ2) is 4.56. The third-order valence-corrected chi connectivity index (χ3v) is 4.47. The number of para-hydroxylation sites is 1. The predicted octanol–water partition coefficient (Wildman–Crippen LogP) is 0.570. The molecule has 0 spiro atoms. The highest BCUT2D eigenvalue weighted by Gasteiger charge is 2.45. The molecule has 1 aromatic rings. The molecular formula is C12H14N2O3S. The maximum atomic E-state index is 12.2. The molecule has 4 N–H and O–H groups in total. The molecular weight excluding hydrogens is 252 g/mol. The van der Waals surface area contributed by atoms with Crippen LogP contribution >= 0.6 is 0 Å². The Hall–Kier alpha value is -1.63. The minimum Gasteiger partial charge on any atom is -0.368 e. The van der Waals surface area contributed by atoms with Crippen LogP contribution in [0, 0.1) is 0 Å². The monoisotopic (exact) mass is 266 g/mol. The van der Waals surface area contributed by atoms with Crippen LogP contribution < -0.4 is 10.5 Å². The quantitative estimate of drug-likeness (QED) is 0.745. The van der Waals surface area contributed by atoms with Gasteiger partial charge in [0.15, 0.2) is 0 Å². The molecule has 0 aromatic heterocycles. The lowest BCUT2D eigenvalue weighted by atomic mass is 10.1. The van der Waals surface area contributed by atoms with Gasteiger partial charge in [0, 0.05) is 5.69 Å². The molecule has 2 unspecified atom stereocenters. The summed E-state index contributed by atoms with van der Waals surface area (Å²) in [5.74, 6) is 0. The fourth-order valence-electron chi connectivity index (χ4n) is 1.64. The maximum Gasteiger partial charge on any atom is 0.268 e. The van der Waals surface area contributed by atoms with E-state index in [1.165, 1.54) is 18.2 Å². The van der Waals surface area contributed by atoms with Crippen molar-refractivity contribution in [2.45, 2.75) is 11.0 Å².